The number of likely N-dealkylation sites (N-methyl/N-ethyl adjacent to an activating group) is 1. The number of aromatic nitrogens is 2. The van der Waals surface area contributed by atoms with Crippen molar-refractivity contribution in [1.82, 2.24) is 19.8 Å². The molecular weight excluding hydrogens is 367 g/mol. The second-order valence-corrected chi connectivity index (χ2v) is 7.37. The number of nitrogens with zero attached hydrogens (tertiary/aromatic N) is 3. The largest absolute Gasteiger partial charge is 0.354 e. The molecule has 142 valence electrons. The van der Waals surface area contributed by atoms with Crippen molar-refractivity contribution in [3.05, 3.63) is 63.8 Å². The standard InChI is InChI=1S/C19H21FN4O2S/c1-23(2)16(13-4-3-5-14(20)10-13)11-21-17(25)6-8-24-12-22-18-15(19(24)26)7-9-27-18/h3-5,7,9-10,12,16H,6,8,11H2,1-2H3,(H,21,25). The molecule has 0 saturated heterocycles. The molecule has 0 aliphatic carbocycles. The monoisotopic (exact) mass is 388 g/mol. The third-order valence-electron chi connectivity index (χ3n) is 4.38. The van der Waals surface area contributed by atoms with Crippen LogP contribution in [0, 0.1) is 5.82 Å². The van der Waals surface area contributed by atoms with Crippen molar-refractivity contribution < 1.29 is 9.18 Å². The topological polar surface area (TPSA) is 67.2 Å². The number of benzene rings is 1. The van der Waals surface area contributed by atoms with Crippen LogP contribution in [0.1, 0.15) is 18.0 Å². The summed E-state index contributed by atoms with van der Waals surface area (Å²) in [5, 5.41) is 5.26. The summed E-state index contributed by atoms with van der Waals surface area (Å²) in [7, 11) is 3.76. The first-order valence-electron chi connectivity index (χ1n) is 8.57. The van der Waals surface area contributed by atoms with Crippen LogP contribution in [0.5, 0.6) is 0 Å². The summed E-state index contributed by atoms with van der Waals surface area (Å²) in [6.45, 7) is 0.613. The van der Waals surface area contributed by atoms with Gasteiger partial charge in [-0.2, -0.15) is 0 Å². The van der Waals surface area contributed by atoms with Crippen LogP contribution in [0.4, 0.5) is 4.39 Å². The van der Waals surface area contributed by atoms with Crippen LogP contribution in [0.3, 0.4) is 0 Å². The summed E-state index contributed by atoms with van der Waals surface area (Å²) >= 11 is 1.41. The summed E-state index contributed by atoms with van der Waals surface area (Å²) in [5.74, 6) is -0.475. The molecule has 1 N–H and O–H groups in total. The molecule has 8 heteroatoms. The van der Waals surface area contributed by atoms with Gasteiger partial charge < -0.3 is 10.2 Å². The number of aryl methyl sites for hydroxylation is 1. The Hall–Kier alpha value is -2.58. The van der Waals surface area contributed by atoms with Crippen molar-refractivity contribution in [2.75, 3.05) is 20.6 Å². The lowest BCUT2D eigenvalue weighted by molar-refractivity contribution is -0.121. The van der Waals surface area contributed by atoms with Gasteiger partial charge in [0.2, 0.25) is 5.91 Å². The van der Waals surface area contributed by atoms with Crippen molar-refractivity contribution >= 4 is 27.5 Å². The van der Waals surface area contributed by atoms with Gasteiger partial charge in [-0.25, -0.2) is 9.37 Å². The van der Waals surface area contributed by atoms with Crippen LogP contribution in [0.25, 0.3) is 10.2 Å². The van der Waals surface area contributed by atoms with Gasteiger partial charge in [-0.05, 0) is 43.2 Å². The van der Waals surface area contributed by atoms with E-state index in [4.69, 9.17) is 0 Å². The molecule has 2 aromatic heterocycles. The smallest absolute Gasteiger partial charge is 0.262 e. The van der Waals surface area contributed by atoms with Crippen molar-refractivity contribution in [2.24, 2.45) is 0 Å². The molecule has 3 aromatic rings. The van der Waals surface area contributed by atoms with E-state index >= 15 is 0 Å². The molecule has 27 heavy (non-hydrogen) atoms. The number of thiophene rings is 1. The van der Waals surface area contributed by atoms with Gasteiger partial charge in [0, 0.05) is 19.5 Å². The van der Waals surface area contributed by atoms with Gasteiger partial charge in [0.1, 0.15) is 10.6 Å². The molecule has 6 nitrogen and oxygen atoms in total. The van der Waals surface area contributed by atoms with E-state index in [0.29, 0.717) is 16.8 Å². The molecule has 2 heterocycles. The van der Waals surface area contributed by atoms with Gasteiger partial charge in [0.15, 0.2) is 0 Å². The fourth-order valence-electron chi connectivity index (χ4n) is 2.89. The normalized spacial score (nSPS) is 12.4. The maximum atomic E-state index is 13.5. The lowest BCUT2D eigenvalue weighted by atomic mass is 10.1. The van der Waals surface area contributed by atoms with E-state index < -0.39 is 0 Å². The average Bonchev–Trinajstić information content (AvgIpc) is 3.11. The number of hydrogen-bond donors (Lipinski definition) is 1. The maximum absolute atomic E-state index is 13.5. The van der Waals surface area contributed by atoms with Crippen LogP contribution < -0.4 is 10.9 Å². The number of fused-ring (bicyclic) bond motifs is 1. The van der Waals surface area contributed by atoms with E-state index in [-0.39, 0.29) is 36.3 Å². The maximum Gasteiger partial charge on any atom is 0.262 e. The van der Waals surface area contributed by atoms with Crippen molar-refractivity contribution in [3.8, 4) is 0 Å². The molecule has 0 aliphatic rings. The molecule has 0 bridgehead atoms. The zero-order chi connectivity index (χ0) is 19.4. The van der Waals surface area contributed by atoms with Gasteiger partial charge in [-0.3, -0.25) is 14.2 Å². The van der Waals surface area contributed by atoms with Crippen LogP contribution >= 0.6 is 11.3 Å². The van der Waals surface area contributed by atoms with Crippen molar-refractivity contribution in [2.45, 2.75) is 19.0 Å². The fraction of sp³-hybridized carbons (Fsp3) is 0.316. The second kappa shape index (κ2) is 8.41. The highest BCUT2D eigenvalue weighted by molar-refractivity contribution is 7.16. The summed E-state index contributed by atoms with van der Waals surface area (Å²) in [6.07, 6.45) is 1.64. The van der Waals surface area contributed by atoms with Gasteiger partial charge in [-0.1, -0.05) is 12.1 Å². The Morgan fingerprint density at radius 2 is 2.19 bits per heavy atom. The van der Waals surface area contributed by atoms with Gasteiger partial charge >= 0.3 is 0 Å². The minimum Gasteiger partial charge on any atom is -0.354 e. The Labute approximate surface area is 160 Å². The first kappa shape index (κ1) is 19.2. The molecule has 1 aromatic carbocycles. The van der Waals surface area contributed by atoms with E-state index in [2.05, 4.69) is 10.3 Å². The number of hydrogen-bond acceptors (Lipinski definition) is 5. The minimum absolute atomic E-state index is 0.139. The Bertz CT molecular complexity index is 999. The summed E-state index contributed by atoms with van der Waals surface area (Å²) in [5.41, 5.74) is 0.656. The van der Waals surface area contributed by atoms with Crippen LogP contribution in [0.2, 0.25) is 0 Å². The molecule has 0 fully saturated rings. The molecule has 1 atom stereocenters. The highest BCUT2D eigenvalue weighted by atomic mass is 32.1. The number of halogens is 1. The van der Waals surface area contributed by atoms with E-state index in [1.165, 1.54) is 34.4 Å². The van der Waals surface area contributed by atoms with Crippen LogP contribution in [0.15, 0.2) is 46.8 Å². The second-order valence-electron chi connectivity index (χ2n) is 6.47. The minimum atomic E-state index is -0.304. The molecule has 0 radical (unpaired) electrons. The van der Waals surface area contributed by atoms with Gasteiger partial charge in [0.05, 0.1) is 17.8 Å². The quantitative estimate of drug-likeness (QED) is 0.675. The SMILES string of the molecule is CN(C)C(CNC(=O)CCn1cnc2sccc2c1=O)c1cccc(F)c1. The Kier molecular flexibility index (Phi) is 5.98. The lowest BCUT2D eigenvalue weighted by Crippen LogP contribution is -2.35. The van der Waals surface area contributed by atoms with Gasteiger partial charge in [0.25, 0.3) is 5.56 Å². The number of carbonyl (C=O) groups is 1. The zero-order valence-corrected chi connectivity index (χ0v) is 16.0. The Morgan fingerprint density at radius 3 is 2.93 bits per heavy atom. The van der Waals surface area contributed by atoms with Crippen molar-refractivity contribution in [3.63, 3.8) is 0 Å². The van der Waals surface area contributed by atoms with Crippen molar-refractivity contribution in [1.29, 1.82) is 0 Å². The fourth-order valence-corrected chi connectivity index (χ4v) is 3.61. The van der Waals surface area contributed by atoms with Crippen LogP contribution in [-0.4, -0.2) is 41.0 Å². The highest BCUT2D eigenvalue weighted by Crippen LogP contribution is 2.18. The molecule has 1 amide bonds. The summed E-state index contributed by atoms with van der Waals surface area (Å²) < 4.78 is 14.9. The van der Waals surface area contributed by atoms with E-state index in [0.717, 1.165) is 5.56 Å². The Balaban J connectivity index is 1.59. The average molecular weight is 388 g/mol. The first-order valence-corrected chi connectivity index (χ1v) is 9.45. The van der Waals surface area contributed by atoms with E-state index in [1.54, 1.807) is 12.1 Å². The van der Waals surface area contributed by atoms with E-state index in [9.17, 15) is 14.0 Å². The lowest BCUT2D eigenvalue weighted by Gasteiger charge is -2.25. The summed E-state index contributed by atoms with van der Waals surface area (Å²) in [6, 6.07) is 7.95. The molecule has 0 saturated carbocycles. The number of amides is 1. The predicted molar refractivity (Wildman–Crippen MR) is 104 cm³/mol. The molecular formula is C19H21FN4O2S. The predicted octanol–water partition coefficient (Wildman–Crippen LogP) is 2.41. The highest BCUT2D eigenvalue weighted by Gasteiger charge is 2.16. The summed E-state index contributed by atoms with van der Waals surface area (Å²) in [4.78, 5) is 31.4. The van der Waals surface area contributed by atoms with Crippen LogP contribution in [-0.2, 0) is 11.3 Å². The molecule has 0 aliphatic heterocycles. The number of carbonyl (C=O) groups excluding carboxylic acids is 1. The Morgan fingerprint density at radius 1 is 1.37 bits per heavy atom. The molecule has 0 spiro atoms. The zero-order valence-electron chi connectivity index (χ0n) is 15.2. The third-order valence-corrected chi connectivity index (χ3v) is 5.20. The van der Waals surface area contributed by atoms with Gasteiger partial charge in [-0.15, -0.1) is 11.3 Å². The number of rotatable bonds is 7. The van der Waals surface area contributed by atoms with E-state index in [1.807, 2.05) is 30.4 Å². The number of nitrogens with one attached hydrogen (secondary N) is 1. The first-order chi connectivity index (χ1) is 13.0. The molecule has 3 rings (SSSR count). The molecule has 1 unspecified atom stereocenters. The third kappa shape index (κ3) is 4.58.